The first-order valence-electron chi connectivity index (χ1n) is 9.32. The summed E-state index contributed by atoms with van der Waals surface area (Å²) < 4.78 is 16.9. The molecule has 0 radical (unpaired) electrons. The molecule has 2 aromatic rings. The summed E-state index contributed by atoms with van der Waals surface area (Å²) in [5.41, 5.74) is 1.80. The largest absolute Gasteiger partial charge is 0.483 e. The van der Waals surface area contributed by atoms with Crippen LogP contribution in [0.3, 0.4) is 0 Å². The Balaban J connectivity index is 1.38. The lowest BCUT2D eigenvalue weighted by Gasteiger charge is -2.13. The second-order valence-electron chi connectivity index (χ2n) is 7.00. The van der Waals surface area contributed by atoms with Gasteiger partial charge in [0.2, 0.25) is 0 Å². The van der Waals surface area contributed by atoms with Crippen LogP contribution in [0, 0.1) is 5.92 Å². The van der Waals surface area contributed by atoms with Crippen LogP contribution < -0.4 is 10.1 Å². The fourth-order valence-electron chi connectivity index (χ4n) is 3.24. The molecule has 0 spiro atoms. The molecule has 1 aromatic heterocycles. The van der Waals surface area contributed by atoms with Crippen molar-refractivity contribution in [1.82, 2.24) is 10.3 Å². The van der Waals surface area contributed by atoms with Crippen molar-refractivity contribution in [2.75, 3.05) is 19.8 Å². The summed E-state index contributed by atoms with van der Waals surface area (Å²) in [6.45, 7) is 1.29. The lowest BCUT2D eigenvalue weighted by Crippen LogP contribution is -2.35. The molecular weight excluding hydrogens is 332 g/mol. The Hall–Kier alpha value is -2.34. The van der Waals surface area contributed by atoms with E-state index in [-0.39, 0.29) is 18.6 Å². The Labute approximate surface area is 152 Å². The normalized spacial score (nSPS) is 19.5. The van der Waals surface area contributed by atoms with Crippen LogP contribution in [0.5, 0.6) is 5.75 Å². The Morgan fingerprint density at radius 3 is 2.96 bits per heavy atom. The van der Waals surface area contributed by atoms with E-state index >= 15 is 0 Å². The van der Waals surface area contributed by atoms with Gasteiger partial charge in [-0.1, -0.05) is 12.1 Å². The van der Waals surface area contributed by atoms with Crippen LogP contribution in [0.1, 0.15) is 31.4 Å². The monoisotopic (exact) mass is 356 g/mol. The summed E-state index contributed by atoms with van der Waals surface area (Å²) in [4.78, 5) is 16.4. The molecule has 1 atom stereocenters. The summed E-state index contributed by atoms with van der Waals surface area (Å²) in [5.74, 6) is 1.95. The van der Waals surface area contributed by atoms with Gasteiger partial charge >= 0.3 is 0 Å². The molecule has 1 unspecified atom stereocenters. The fourth-order valence-corrected chi connectivity index (χ4v) is 3.24. The number of ether oxygens (including phenoxy) is 2. The number of hydrogen-bond acceptors (Lipinski definition) is 5. The number of oxazole rings is 1. The second kappa shape index (κ2) is 7.91. The highest BCUT2D eigenvalue weighted by Gasteiger charge is 2.26. The number of carbonyl (C=O) groups is 1. The van der Waals surface area contributed by atoms with Crippen molar-refractivity contribution in [3.05, 3.63) is 36.4 Å². The maximum atomic E-state index is 12.1. The van der Waals surface area contributed by atoms with Gasteiger partial charge < -0.3 is 19.2 Å². The Morgan fingerprint density at radius 1 is 1.27 bits per heavy atom. The van der Waals surface area contributed by atoms with Gasteiger partial charge in [0.1, 0.15) is 5.75 Å². The van der Waals surface area contributed by atoms with Crippen molar-refractivity contribution >= 4 is 5.91 Å². The van der Waals surface area contributed by atoms with Gasteiger partial charge in [-0.05, 0) is 50.2 Å². The van der Waals surface area contributed by atoms with Crippen molar-refractivity contribution in [1.29, 1.82) is 0 Å². The molecule has 1 aromatic carbocycles. The molecular formula is C20H24N2O4. The SMILES string of the molecule is O=C(COc1ccccc1-c1ocnc1CC1CC1)NCC1CCCO1. The maximum absolute atomic E-state index is 12.1. The number of para-hydroxylation sites is 1. The summed E-state index contributed by atoms with van der Waals surface area (Å²) in [6, 6.07) is 7.62. The molecule has 1 saturated heterocycles. The quantitative estimate of drug-likeness (QED) is 0.787. The predicted octanol–water partition coefficient (Wildman–Crippen LogP) is 2.97. The van der Waals surface area contributed by atoms with E-state index in [9.17, 15) is 4.79 Å². The number of aromatic nitrogens is 1. The molecule has 2 aliphatic rings. The Kier molecular flexibility index (Phi) is 5.20. The Morgan fingerprint density at radius 2 is 2.15 bits per heavy atom. The van der Waals surface area contributed by atoms with Gasteiger partial charge in [0.05, 0.1) is 17.4 Å². The van der Waals surface area contributed by atoms with Gasteiger partial charge in [0, 0.05) is 13.2 Å². The van der Waals surface area contributed by atoms with Gasteiger partial charge in [-0.15, -0.1) is 0 Å². The first kappa shape index (κ1) is 17.1. The van der Waals surface area contributed by atoms with E-state index in [1.165, 1.54) is 19.2 Å². The van der Waals surface area contributed by atoms with Crippen LogP contribution in [0.15, 0.2) is 35.1 Å². The Bertz CT molecular complexity index is 748. The summed E-state index contributed by atoms with van der Waals surface area (Å²) >= 11 is 0. The van der Waals surface area contributed by atoms with E-state index in [4.69, 9.17) is 13.9 Å². The topological polar surface area (TPSA) is 73.6 Å². The van der Waals surface area contributed by atoms with E-state index in [0.29, 0.717) is 12.3 Å². The first-order valence-corrected chi connectivity index (χ1v) is 9.32. The molecule has 1 saturated carbocycles. The zero-order valence-corrected chi connectivity index (χ0v) is 14.8. The molecule has 4 rings (SSSR count). The lowest BCUT2D eigenvalue weighted by molar-refractivity contribution is -0.123. The number of nitrogens with one attached hydrogen (secondary N) is 1. The summed E-state index contributed by atoms with van der Waals surface area (Å²) in [7, 11) is 0. The molecule has 138 valence electrons. The number of rotatable bonds is 8. The van der Waals surface area contributed by atoms with E-state index in [2.05, 4.69) is 10.3 Å². The minimum Gasteiger partial charge on any atom is -0.483 e. The number of hydrogen-bond donors (Lipinski definition) is 1. The van der Waals surface area contributed by atoms with E-state index in [1.54, 1.807) is 0 Å². The number of carbonyl (C=O) groups excluding carboxylic acids is 1. The van der Waals surface area contributed by atoms with Gasteiger partial charge in [0.25, 0.3) is 5.91 Å². The summed E-state index contributed by atoms with van der Waals surface area (Å²) in [5, 5.41) is 2.87. The smallest absolute Gasteiger partial charge is 0.258 e. The molecule has 2 fully saturated rings. The molecule has 26 heavy (non-hydrogen) atoms. The van der Waals surface area contributed by atoms with Crippen molar-refractivity contribution in [3.63, 3.8) is 0 Å². The molecule has 2 heterocycles. The number of benzene rings is 1. The van der Waals surface area contributed by atoms with E-state index in [1.807, 2.05) is 24.3 Å². The predicted molar refractivity (Wildman–Crippen MR) is 95.8 cm³/mol. The van der Waals surface area contributed by atoms with Crippen molar-refractivity contribution in [2.45, 2.75) is 38.2 Å². The minimum atomic E-state index is -0.147. The van der Waals surface area contributed by atoms with Crippen LogP contribution in [0.4, 0.5) is 0 Å². The number of nitrogens with zero attached hydrogens (tertiary/aromatic N) is 1. The highest BCUT2D eigenvalue weighted by Crippen LogP contribution is 2.37. The summed E-state index contributed by atoms with van der Waals surface area (Å²) in [6.07, 6.45) is 7.12. The minimum absolute atomic E-state index is 0.0319. The van der Waals surface area contributed by atoms with Crippen molar-refractivity contribution in [3.8, 4) is 17.1 Å². The maximum Gasteiger partial charge on any atom is 0.258 e. The van der Waals surface area contributed by atoms with Gasteiger partial charge in [0.15, 0.2) is 18.8 Å². The molecule has 1 aliphatic carbocycles. The molecule has 1 N–H and O–H groups in total. The standard InChI is InChI=1S/C20H24N2O4/c23-19(21-11-15-4-3-9-24-15)12-25-18-6-2-1-5-16(18)20-17(22-13-26-20)10-14-7-8-14/h1-2,5-6,13-15H,3-4,7-12H2,(H,21,23). The van der Waals surface area contributed by atoms with Crippen LogP contribution in [0.2, 0.25) is 0 Å². The molecule has 1 amide bonds. The van der Waals surface area contributed by atoms with E-state index in [0.717, 1.165) is 48.8 Å². The van der Waals surface area contributed by atoms with Gasteiger partial charge in [-0.2, -0.15) is 0 Å². The fraction of sp³-hybridized carbons (Fsp3) is 0.500. The van der Waals surface area contributed by atoms with Gasteiger partial charge in [-0.25, -0.2) is 4.98 Å². The zero-order valence-electron chi connectivity index (χ0n) is 14.8. The van der Waals surface area contributed by atoms with Gasteiger partial charge in [-0.3, -0.25) is 4.79 Å². The average molecular weight is 356 g/mol. The van der Waals surface area contributed by atoms with Crippen molar-refractivity contribution in [2.24, 2.45) is 5.92 Å². The third-order valence-corrected chi connectivity index (χ3v) is 4.86. The zero-order chi connectivity index (χ0) is 17.8. The number of amides is 1. The molecule has 6 nitrogen and oxygen atoms in total. The van der Waals surface area contributed by atoms with Crippen LogP contribution in [-0.2, 0) is 16.0 Å². The van der Waals surface area contributed by atoms with Crippen LogP contribution in [-0.4, -0.2) is 36.8 Å². The van der Waals surface area contributed by atoms with Crippen LogP contribution in [0.25, 0.3) is 11.3 Å². The highest BCUT2D eigenvalue weighted by molar-refractivity contribution is 5.78. The first-order chi connectivity index (χ1) is 12.8. The lowest BCUT2D eigenvalue weighted by atomic mass is 10.1. The molecule has 1 aliphatic heterocycles. The van der Waals surface area contributed by atoms with E-state index < -0.39 is 0 Å². The average Bonchev–Trinajstić information content (AvgIpc) is 3.12. The third kappa shape index (κ3) is 4.25. The molecule has 6 heteroatoms. The highest BCUT2D eigenvalue weighted by atomic mass is 16.5. The van der Waals surface area contributed by atoms with Crippen LogP contribution >= 0.6 is 0 Å². The molecule has 0 bridgehead atoms. The van der Waals surface area contributed by atoms with Crippen molar-refractivity contribution < 1.29 is 18.7 Å². The second-order valence-corrected chi connectivity index (χ2v) is 7.00. The third-order valence-electron chi connectivity index (χ3n) is 4.86.